The summed E-state index contributed by atoms with van der Waals surface area (Å²) in [7, 11) is -3.08. The number of fused-ring (bicyclic) bond motifs is 1. The van der Waals surface area contributed by atoms with E-state index in [1.54, 1.807) is 0 Å². The van der Waals surface area contributed by atoms with Crippen LogP contribution in [0.15, 0.2) is 24.3 Å². The second kappa shape index (κ2) is 6.02. The third-order valence-corrected chi connectivity index (χ3v) is 6.09. The van der Waals surface area contributed by atoms with Crippen LogP contribution in [-0.4, -0.2) is 46.4 Å². The first kappa shape index (κ1) is 15.5. The Morgan fingerprint density at radius 3 is 2.86 bits per heavy atom. The van der Waals surface area contributed by atoms with E-state index in [0.29, 0.717) is 11.7 Å². The molecule has 0 aliphatic carbocycles. The van der Waals surface area contributed by atoms with Gasteiger partial charge in [-0.15, -0.1) is 11.6 Å². The van der Waals surface area contributed by atoms with Gasteiger partial charge in [-0.25, -0.2) is 13.4 Å². The van der Waals surface area contributed by atoms with E-state index in [1.165, 1.54) is 0 Å². The van der Waals surface area contributed by atoms with Crippen LogP contribution in [0.4, 0.5) is 0 Å². The van der Waals surface area contributed by atoms with Crippen LogP contribution < -0.4 is 10.6 Å². The van der Waals surface area contributed by atoms with Gasteiger partial charge in [-0.2, -0.15) is 0 Å². The number of halogens is 1. The Kier molecular flexibility index (Phi) is 4.24. The van der Waals surface area contributed by atoms with Crippen molar-refractivity contribution in [3.05, 3.63) is 30.1 Å². The number of benzene rings is 1. The van der Waals surface area contributed by atoms with Crippen molar-refractivity contribution in [2.75, 3.05) is 11.5 Å². The number of alkyl halides is 1. The van der Waals surface area contributed by atoms with Crippen LogP contribution in [0.25, 0.3) is 11.0 Å². The lowest BCUT2D eigenvalue weighted by atomic mass is 10.2. The number of thiocarbonyl (C=S) groups is 1. The molecule has 0 spiro atoms. The first-order valence-corrected chi connectivity index (χ1v) is 9.42. The molecule has 1 aromatic heterocycles. The number of aromatic amines is 1. The van der Waals surface area contributed by atoms with E-state index in [-0.39, 0.29) is 17.5 Å². The maximum atomic E-state index is 11.5. The van der Waals surface area contributed by atoms with Crippen molar-refractivity contribution in [1.29, 1.82) is 0 Å². The summed E-state index contributed by atoms with van der Waals surface area (Å²) >= 11 is 11.2. The molecule has 0 radical (unpaired) electrons. The molecule has 2 atom stereocenters. The number of sulfone groups is 1. The monoisotopic (exact) mass is 358 g/mol. The van der Waals surface area contributed by atoms with E-state index < -0.39 is 15.2 Å². The summed E-state index contributed by atoms with van der Waals surface area (Å²) in [6, 6.07) is 7.37. The van der Waals surface area contributed by atoms with Crippen LogP contribution in [0.2, 0.25) is 0 Å². The van der Waals surface area contributed by atoms with E-state index in [1.807, 2.05) is 24.3 Å². The first-order chi connectivity index (χ1) is 10.4. The summed E-state index contributed by atoms with van der Waals surface area (Å²) in [6.07, 6.45) is 0. The van der Waals surface area contributed by atoms with E-state index in [0.717, 1.165) is 16.9 Å². The Morgan fingerprint density at radius 1 is 1.41 bits per heavy atom. The van der Waals surface area contributed by atoms with Gasteiger partial charge in [0, 0.05) is 0 Å². The Hall–Kier alpha value is -1.38. The average molecular weight is 359 g/mol. The Labute approximate surface area is 138 Å². The molecule has 3 N–H and O–H groups in total. The highest BCUT2D eigenvalue weighted by molar-refractivity contribution is 7.91. The standard InChI is InChI=1S/C13H15ClN4O2S2/c14-8-6-22(19,20)7-11(8)18-13(21)15-5-12-16-9-3-1-2-4-10(9)17-12/h1-4,8,11H,5-7H2,(H,16,17)(H2,15,18,21)/t8-,11-/m1/s1. The number of aromatic nitrogens is 2. The fraction of sp³-hybridized carbons (Fsp3) is 0.385. The maximum absolute atomic E-state index is 11.5. The molecular formula is C13H15ClN4O2S2. The van der Waals surface area contributed by atoms with Crippen LogP contribution in [0, 0.1) is 0 Å². The molecule has 3 rings (SSSR count). The number of H-pyrrole nitrogens is 1. The van der Waals surface area contributed by atoms with Gasteiger partial charge in [0.2, 0.25) is 0 Å². The molecule has 2 aromatic rings. The summed E-state index contributed by atoms with van der Waals surface area (Å²) in [5.41, 5.74) is 1.85. The zero-order chi connectivity index (χ0) is 15.7. The number of hydrogen-bond acceptors (Lipinski definition) is 4. The number of imidazole rings is 1. The Morgan fingerprint density at radius 2 is 2.18 bits per heavy atom. The Balaban J connectivity index is 1.56. The molecule has 9 heteroatoms. The highest BCUT2D eigenvalue weighted by atomic mass is 35.5. The largest absolute Gasteiger partial charge is 0.357 e. The number of hydrogen-bond donors (Lipinski definition) is 3. The van der Waals surface area contributed by atoms with Gasteiger partial charge in [-0.3, -0.25) is 0 Å². The lowest BCUT2D eigenvalue weighted by Crippen LogP contribution is -2.45. The van der Waals surface area contributed by atoms with E-state index in [4.69, 9.17) is 23.8 Å². The minimum atomic E-state index is -3.08. The first-order valence-electron chi connectivity index (χ1n) is 6.75. The van der Waals surface area contributed by atoms with Gasteiger partial charge in [-0.05, 0) is 24.4 Å². The van der Waals surface area contributed by atoms with Crippen molar-refractivity contribution in [1.82, 2.24) is 20.6 Å². The number of nitrogens with one attached hydrogen (secondary N) is 3. The lowest BCUT2D eigenvalue weighted by Gasteiger charge is -2.17. The highest BCUT2D eigenvalue weighted by Crippen LogP contribution is 2.17. The van der Waals surface area contributed by atoms with Crippen LogP contribution >= 0.6 is 23.8 Å². The molecule has 6 nitrogen and oxygen atoms in total. The van der Waals surface area contributed by atoms with Crippen molar-refractivity contribution in [3.8, 4) is 0 Å². The predicted molar refractivity (Wildman–Crippen MR) is 90.7 cm³/mol. The molecule has 0 bridgehead atoms. The van der Waals surface area contributed by atoms with E-state index >= 15 is 0 Å². The minimum absolute atomic E-state index is 0.00756. The van der Waals surface area contributed by atoms with Gasteiger partial charge < -0.3 is 15.6 Å². The SMILES string of the molecule is O=S1(=O)C[C@@H](Cl)[C@H](NC(=S)NCc2nc3ccccc3[nH]2)C1. The van der Waals surface area contributed by atoms with Crippen molar-refractivity contribution >= 4 is 49.8 Å². The van der Waals surface area contributed by atoms with Gasteiger partial charge in [0.05, 0.1) is 40.5 Å². The van der Waals surface area contributed by atoms with Gasteiger partial charge in [0.25, 0.3) is 0 Å². The number of para-hydroxylation sites is 2. The molecule has 0 unspecified atom stereocenters. The smallest absolute Gasteiger partial charge is 0.166 e. The van der Waals surface area contributed by atoms with Gasteiger partial charge in [0.15, 0.2) is 14.9 Å². The quantitative estimate of drug-likeness (QED) is 0.559. The molecule has 1 fully saturated rings. The zero-order valence-electron chi connectivity index (χ0n) is 11.5. The second-order valence-electron chi connectivity index (χ2n) is 5.23. The fourth-order valence-corrected chi connectivity index (χ4v) is 5.18. The molecule has 1 aromatic carbocycles. The van der Waals surface area contributed by atoms with Crippen LogP contribution in [0.3, 0.4) is 0 Å². The minimum Gasteiger partial charge on any atom is -0.357 e. The summed E-state index contributed by atoms with van der Waals surface area (Å²) < 4.78 is 23.0. The molecule has 1 aliphatic heterocycles. The number of rotatable bonds is 3. The third-order valence-electron chi connectivity index (χ3n) is 3.45. The van der Waals surface area contributed by atoms with Crippen molar-refractivity contribution in [2.24, 2.45) is 0 Å². The molecule has 0 saturated carbocycles. The average Bonchev–Trinajstić information content (AvgIpc) is 2.96. The molecule has 2 heterocycles. The van der Waals surface area contributed by atoms with Gasteiger partial charge in [0.1, 0.15) is 5.82 Å². The molecule has 0 amide bonds. The number of nitrogens with zero attached hydrogens (tertiary/aromatic N) is 1. The van der Waals surface area contributed by atoms with E-state index in [9.17, 15) is 8.42 Å². The van der Waals surface area contributed by atoms with Crippen molar-refractivity contribution in [2.45, 2.75) is 18.0 Å². The zero-order valence-corrected chi connectivity index (χ0v) is 13.9. The molecule has 1 saturated heterocycles. The third kappa shape index (κ3) is 3.50. The highest BCUT2D eigenvalue weighted by Gasteiger charge is 2.36. The van der Waals surface area contributed by atoms with Gasteiger partial charge in [-0.1, -0.05) is 12.1 Å². The van der Waals surface area contributed by atoms with Crippen LogP contribution in [-0.2, 0) is 16.4 Å². The maximum Gasteiger partial charge on any atom is 0.166 e. The summed E-state index contributed by atoms with van der Waals surface area (Å²) in [5, 5.41) is 5.87. The second-order valence-corrected chi connectivity index (χ2v) is 8.35. The molecule has 1 aliphatic rings. The molecule has 118 valence electrons. The predicted octanol–water partition coefficient (Wildman–Crippen LogP) is 0.931. The van der Waals surface area contributed by atoms with E-state index in [2.05, 4.69) is 20.6 Å². The fourth-order valence-electron chi connectivity index (χ4n) is 2.41. The van der Waals surface area contributed by atoms with Crippen LogP contribution in [0.5, 0.6) is 0 Å². The summed E-state index contributed by atoms with van der Waals surface area (Å²) in [6.45, 7) is 0.424. The normalized spacial score (nSPS) is 23.5. The lowest BCUT2D eigenvalue weighted by molar-refractivity contribution is 0.600. The van der Waals surface area contributed by atoms with Crippen molar-refractivity contribution in [3.63, 3.8) is 0 Å². The molecule has 22 heavy (non-hydrogen) atoms. The Bertz CT molecular complexity index is 772. The van der Waals surface area contributed by atoms with Gasteiger partial charge >= 0.3 is 0 Å². The molecular weight excluding hydrogens is 344 g/mol. The topological polar surface area (TPSA) is 86.9 Å². The summed E-state index contributed by atoms with van der Waals surface area (Å²) in [4.78, 5) is 7.61. The van der Waals surface area contributed by atoms with Crippen LogP contribution in [0.1, 0.15) is 5.82 Å². The van der Waals surface area contributed by atoms with Crippen molar-refractivity contribution < 1.29 is 8.42 Å². The summed E-state index contributed by atoms with van der Waals surface area (Å²) in [5.74, 6) is 0.748.